The van der Waals surface area contributed by atoms with E-state index in [9.17, 15) is 18.7 Å². The monoisotopic (exact) mass is 402 g/mol. The van der Waals surface area contributed by atoms with Gasteiger partial charge in [-0.3, -0.25) is 4.79 Å². The van der Waals surface area contributed by atoms with Gasteiger partial charge in [-0.25, -0.2) is 18.3 Å². The van der Waals surface area contributed by atoms with Crippen LogP contribution in [0.5, 0.6) is 5.88 Å². The van der Waals surface area contributed by atoms with Crippen molar-refractivity contribution in [1.29, 1.82) is 0 Å². The van der Waals surface area contributed by atoms with Crippen molar-refractivity contribution in [3.05, 3.63) is 71.4 Å². The number of aryl methyl sites for hydroxylation is 1. The molecule has 0 unspecified atom stereocenters. The van der Waals surface area contributed by atoms with E-state index >= 15 is 0 Å². The Bertz CT molecular complexity index is 1240. The Morgan fingerprint density at radius 3 is 2.41 bits per heavy atom. The number of primary amides is 1. The summed E-state index contributed by atoms with van der Waals surface area (Å²) in [4.78, 5) is 15.7. The van der Waals surface area contributed by atoms with E-state index in [0.29, 0.717) is 28.1 Å². The smallest absolute Gasteiger partial charge is 0.858 e. The average Bonchev–Trinajstić information content (AvgIpc) is 2.98. The number of hydrogen-bond donors (Lipinski definition) is 1. The van der Waals surface area contributed by atoms with Crippen LogP contribution >= 0.6 is 0 Å². The number of amides is 1. The Hall–Kier alpha value is -2.81. The Morgan fingerprint density at radius 1 is 1.10 bits per heavy atom. The number of carbonyl (C=O) groups is 1. The number of fused-ring (bicyclic) bond motifs is 1. The molecule has 0 radical (unpaired) electrons. The van der Waals surface area contributed by atoms with E-state index < -0.39 is 23.4 Å². The van der Waals surface area contributed by atoms with Crippen molar-refractivity contribution in [1.82, 2.24) is 14.6 Å². The van der Waals surface area contributed by atoms with Crippen molar-refractivity contribution >= 4 is 11.6 Å². The standard InChI is InChI=1S/C20H14F2N4O2.Na/c1-10-18(14-7-6-13(21)8-15(14)22)20-24-16(9-17(27)26(20)25-10)11-2-4-12(5-3-11)19(23)28;/h2-9,27H,1H3,(H2,23,28);/q;+1/p-1. The van der Waals surface area contributed by atoms with Gasteiger partial charge in [0, 0.05) is 22.8 Å². The normalized spacial score (nSPS) is 10.7. The Balaban J connectivity index is 0.00000240. The van der Waals surface area contributed by atoms with Crippen LogP contribution in [0.15, 0.2) is 48.5 Å². The zero-order valence-corrected chi connectivity index (χ0v) is 17.6. The molecule has 2 heterocycles. The first kappa shape index (κ1) is 20.9. The van der Waals surface area contributed by atoms with Gasteiger partial charge in [0.1, 0.15) is 11.6 Å². The molecule has 2 aromatic carbocycles. The van der Waals surface area contributed by atoms with Crippen molar-refractivity contribution in [2.24, 2.45) is 5.73 Å². The van der Waals surface area contributed by atoms with Crippen LogP contribution in [0.4, 0.5) is 8.78 Å². The van der Waals surface area contributed by atoms with Crippen molar-refractivity contribution in [3.63, 3.8) is 0 Å². The molecule has 29 heavy (non-hydrogen) atoms. The summed E-state index contributed by atoms with van der Waals surface area (Å²) < 4.78 is 28.7. The van der Waals surface area contributed by atoms with Gasteiger partial charge < -0.3 is 10.8 Å². The minimum atomic E-state index is -0.775. The maximum absolute atomic E-state index is 14.3. The predicted molar refractivity (Wildman–Crippen MR) is 96.5 cm³/mol. The molecule has 2 N–H and O–H groups in total. The minimum Gasteiger partial charge on any atom is -0.858 e. The summed E-state index contributed by atoms with van der Waals surface area (Å²) in [6.45, 7) is 1.62. The van der Waals surface area contributed by atoms with Crippen LogP contribution in [0, 0.1) is 18.6 Å². The van der Waals surface area contributed by atoms with E-state index in [0.717, 1.165) is 16.6 Å². The summed E-state index contributed by atoms with van der Waals surface area (Å²) in [5, 5.41) is 16.7. The topological polar surface area (TPSA) is 96.3 Å². The molecule has 0 atom stereocenters. The molecule has 0 aliphatic heterocycles. The first-order valence-corrected chi connectivity index (χ1v) is 8.28. The second kappa shape index (κ2) is 7.90. The van der Waals surface area contributed by atoms with E-state index in [1.165, 1.54) is 24.3 Å². The molecule has 9 heteroatoms. The van der Waals surface area contributed by atoms with Gasteiger partial charge >= 0.3 is 29.6 Å². The van der Waals surface area contributed by atoms with Gasteiger partial charge in [0.05, 0.1) is 17.0 Å². The zero-order valence-electron chi connectivity index (χ0n) is 15.6. The number of aromatic nitrogens is 3. The molecule has 4 rings (SSSR count). The van der Waals surface area contributed by atoms with Crippen LogP contribution in [0.2, 0.25) is 0 Å². The summed E-state index contributed by atoms with van der Waals surface area (Å²) in [6, 6.07) is 10.7. The molecule has 0 saturated heterocycles. The fourth-order valence-electron chi connectivity index (χ4n) is 3.06. The number of nitrogens with zero attached hydrogens (tertiary/aromatic N) is 3. The molecular weight excluding hydrogens is 389 g/mol. The van der Waals surface area contributed by atoms with Crippen molar-refractivity contribution in [2.75, 3.05) is 0 Å². The summed E-state index contributed by atoms with van der Waals surface area (Å²) in [6.07, 6.45) is 0. The van der Waals surface area contributed by atoms with E-state index in [1.54, 1.807) is 19.1 Å². The number of nitrogens with two attached hydrogens (primary N) is 1. The van der Waals surface area contributed by atoms with E-state index in [1.807, 2.05) is 0 Å². The zero-order chi connectivity index (χ0) is 20.0. The fourth-order valence-corrected chi connectivity index (χ4v) is 3.06. The SMILES string of the molecule is Cc1nn2c([O-])cc(-c3ccc(C(N)=O)cc3)nc2c1-c1ccc(F)cc1F.[Na+]. The number of rotatable bonds is 3. The van der Waals surface area contributed by atoms with Gasteiger partial charge in [-0.2, -0.15) is 5.10 Å². The third-order valence-corrected chi connectivity index (χ3v) is 4.40. The summed E-state index contributed by atoms with van der Waals surface area (Å²) >= 11 is 0. The van der Waals surface area contributed by atoms with Gasteiger partial charge in [-0.15, -0.1) is 0 Å². The van der Waals surface area contributed by atoms with Crippen molar-refractivity contribution < 1.29 is 48.2 Å². The van der Waals surface area contributed by atoms with Gasteiger partial charge in [-0.1, -0.05) is 12.1 Å². The van der Waals surface area contributed by atoms with Crippen LogP contribution < -0.4 is 40.4 Å². The second-order valence-electron chi connectivity index (χ2n) is 6.24. The molecule has 0 bridgehead atoms. The van der Waals surface area contributed by atoms with E-state index in [2.05, 4.69) is 10.1 Å². The van der Waals surface area contributed by atoms with Crippen molar-refractivity contribution in [2.45, 2.75) is 6.92 Å². The first-order valence-electron chi connectivity index (χ1n) is 8.28. The molecule has 140 valence electrons. The minimum absolute atomic E-state index is 0. The molecule has 0 aliphatic rings. The largest absolute Gasteiger partial charge is 1.00 e. The van der Waals surface area contributed by atoms with Gasteiger partial charge in [-0.05, 0) is 43.1 Å². The number of benzene rings is 2. The molecule has 0 fully saturated rings. The third kappa shape index (κ3) is 3.74. The molecule has 0 spiro atoms. The van der Waals surface area contributed by atoms with Crippen LogP contribution in [-0.4, -0.2) is 20.5 Å². The predicted octanol–water partition coefficient (Wildman–Crippen LogP) is -0.174. The summed E-state index contributed by atoms with van der Waals surface area (Å²) in [5.41, 5.74) is 7.42. The molecule has 1 amide bonds. The van der Waals surface area contributed by atoms with Crippen LogP contribution in [0.25, 0.3) is 28.0 Å². The van der Waals surface area contributed by atoms with Crippen LogP contribution in [0.1, 0.15) is 16.1 Å². The molecule has 0 aliphatic carbocycles. The fraction of sp³-hybridized carbons (Fsp3) is 0.0500. The third-order valence-electron chi connectivity index (χ3n) is 4.40. The van der Waals surface area contributed by atoms with Gasteiger partial charge in [0.25, 0.3) is 0 Å². The van der Waals surface area contributed by atoms with Crippen molar-refractivity contribution in [3.8, 4) is 28.3 Å². The van der Waals surface area contributed by atoms with Crippen LogP contribution in [0.3, 0.4) is 0 Å². The maximum atomic E-state index is 14.3. The van der Waals surface area contributed by atoms with Gasteiger partial charge in [0.2, 0.25) is 5.91 Å². The number of halogens is 2. The molecule has 2 aromatic heterocycles. The summed E-state index contributed by atoms with van der Waals surface area (Å²) in [5.74, 6) is -2.50. The second-order valence-corrected chi connectivity index (χ2v) is 6.24. The molecule has 0 saturated carbocycles. The Kier molecular flexibility index (Phi) is 5.70. The molecule has 4 aromatic rings. The number of carbonyl (C=O) groups excluding carboxylic acids is 1. The molecular formula is C20H13F2N4NaO2. The first-order chi connectivity index (χ1) is 13.3. The average molecular weight is 402 g/mol. The van der Waals surface area contributed by atoms with E-state index in [4.69, 9.17) is 5.73 Å². The quantitative estimate of drug-likeness (QED) is 0.481. The van der Waals surface area contributed by atoms with Crippen LogP contribution in [-0.2, 0) is 0 Å². The number of hydrogen-bond acceptors (Lipinski definition) is 4. The Morgan fingerprint density at radius 2 is 1.79 bits per heavy atom. The van der Waals surface area contributed by atoms with Gasteiger partial charge in [0.15, 0.2) is 5.65 Å². The Labute approximate surface area is 186 Å². The maximum Gasteiger partial charge on any atom is 1.00 e. The molecule has 6 nitrogen and oxygen atoms in total. The van der Waals surface area contributed by atoms with E-state index in [-0.39, 0.29) is 40.8 Å². The summed E-state index contributed by atoms with van der Waals surface area (Å²) in [7, 11) is 0.